The zero-order valence-corrected chi connectivity index (χ0v) is 8.60. The predicted molar refractivity (Wildman–Crippen MR) is 57.2 cm³/mol. The van der Waals surface area contributed by atoms with Crippen molar-refractivity contribution in [1.29, 1.82) is 0 Å². The van der Waals surface area contributed by atoms with E-state index in [1.54, 1.807) is 6.20 Å². The molecule has 0 saturated heterocycles. The summed E-state index contributed by atoms with van der Waals surface area (Å²) in [6, 6.07) is 1.93. The van der Waals surface area contributed by atoms with E-state index in [-0.39, 0.29) is 0 Å². The molecule has 0 aliphatic rings. The lowest BCUT2D eigenvalue weighted by Gasteiger charge is -2.05. The van der Waals surface area contributed by atoms with Crippen LogP contribution in [0.4, 0.5) is 0 Å². The number of oxazole rings is 1. The molecular weight excluding hydrogens is 190 g/mol. The summed E-state index contributed by atoms with van der Waals surface area (Å²) in [6.45, 7) is 2.53. The SMILES string of the molecule is Cc1ncoc1-c1ccncc1CCN. The molecule has 0 aliphatic carbocycles. The normalized spacial score (nSPS) is 10.5. The molecule has 2 rings (SSSR count). The Hall–Kier alpha value is -1.68. The first-order valence-electron chi connectivity index (χ1n) is 4.86. The molecule has 0 unspecified atom stereocenters. The standard InChI is InChI=1S/C11H13N3O/c1-8-11(15-7-14-8)10-3-5-13-6-9(10)2-4-12/h3,5-7H,2,4,12H2,1H3. The molecule has 0 radical (unpaired) electrons. The second kappa shape index (κ2) is 4.23. The minimum Gasteiger partial charge on any atom is -0.443 e. The minimum atomic E-state index is 0.603. The van der Waals surface area contributed by atoms with E-state index in [9.17, 15) is 0 Å². The quantitative estimate of drug-likeness (QED) is 0.821. The number of aryl methyl sites for hydroxylation is 1. The molecule has 4 heteroatoms. The van der Waals surface area contributed by atoms with Crippen LogP contribution in [0.3, 0.4) is 0 Å². The Morgan fingerprint density at radius 3 is 3.00 bits per heavy atom. The molecule has 0 fully saturated rings. The molecule has 2 aromatic rings. The van der Waals surface area contributed by atoms with E-state index < -0.39 is 0 Å². The minimum absolute atomic E-state index is 0.603. The van der Waals surface area contributed by atoms with Gasteiger partial charge in [0.1, 0.15) is 0 Å². The Labute approximate surface area is 88.2 Å². The fourth-order valence-corrected chi connectivity index (χ4v) is 1.56. The first-order chi connectivity index (χ1) is 7.33. The van der Waals surface area contributed by atoms with Gasteiger partial charge in [0.2, 0.25) is 0 Å². The molecule has 2 N–H and O–H groups in total. The largest absolute Gasteiger partial charge is 0.443 e. The van der Waals surface area contributed by atoms with Gasteiger partial charge >= 0.3 is 0 Å². The Bertz CT molecular complexity index is 451. The summed E-state index contributed by atoms with van der Waals surface area (Å²) in [5, 5.41) is 0. The van der Waals surface area contributed by atoms with Gasteiger partial charge in [-0.25, -0.2) is 4.98 Å². The third-order valence-corrected chi connectivity index (χ3v) is 2.31. The van der Waals surface area contributed by atoms with Crippen LogP contribution in [0.2, 0.25) is 0 Å². The lowest BCUT2D eigenvalue weighted by molar-refractivity contribution is 0.570. The molecule has 4 nitrogen and oxygen atoms in total. The summed E-state index contributed by atoms with van der Waals surface area (Å²) in [5.74, 6) is 0.806. The molecule has 0 saturated carbocycles. The van der Waals surface area contributed by atoms with Gasteiger partial charge in [-0.1, -0.05) is 0 Å². The number of aromatic nitrogens is 2. The monoisotopic (exact) mass is 203 g/mol. The van der Waals surface area contributed by atoms with Crippen LogP contribution in [0.15, 0.2) is 29.3 Å². The highest BCUT2D eigenvalue weighted by atomic mass is 16.3. The van der Waals surface area contributed by atoms with E-state index in [2.05, 4.69) is 9.97 Å². The van der Waals surface area contributed by atoms with Crippen molar-refractivity contribution in [3.63, 3.8) is 0 Å². The highest BCUT2D eigenvalue weighted by Crippen LogP contribution is 2.25. The van der Waals surface area contributed by atoms with Gasteiger partial charge in [-0.3, -0.25) is 4.98 Å². The molecule has 0 aromatic carbocycles. The summed E-state index contributed by atoms with van der Waals surface area (Å²) in [7, 11) is 0. The molecule has 0 bridgehead atoms. The summed E-state index contributed by atoms with van der Waals surface area (Å²) in [5.41, 5.74) is 8.57. The fraction of sp³-hybridized carbons (Fsp3) is 0.273. The van der Waals surface area contributed by atoms with Crippen molar-refractivity contribution >= 4 is 0 Å². The van der Waals surface area contributed by atoms with Crippen LogP contribution in [0.1, 0.15) is 11.3 Å². The number of nitrogens with zero attached hydrogens (tertiary/aromatic N) is 2. The zero-order valence-electron chi connectivity index (χ0n) is 8.60. The average molecular weight is 203 g/mol. The van der Waals surface area contributed by atoms with Crippen molar-refractivity contribution in [2.75, 3.05) is 6.54 Å². The highest BCUT2D eigenvalue weighted by Gasteiger charge is 2.10. The molecule has 0 spiro atoms. The molecule has 0 amide bonds. The van der Waals surface area contributed by atoms with Gasteiger partial charge in [0.25, 0.3) is 0 Å². The number of hydrogen-bond acceptors (Lipinski definition) is 4. The lowest BCUT2D eigenvalue weighted by atomic mass is 10.0. The van der Waals surface area contributed by atoms with Gasteiger partial charge in [0.15, 0.2) is 12.2 Å². The third kappa shape index (κ3) is 1.89. The molecule has 15 heavy (non-hydrogen) atoms. The van der Waals surface area contributed by atoms with Crippen LogP contribution in [-0.4, -0.2) is 16.5 Å². The van der Waals surface area contributed by atoms with Gasteiger partial charge in [0, 0.05) is 18.0 Å². The maximum absolute atomic E-state index is 5.55. The van der Waals surface area contributed by atoms with Gasteiger partial charge in [0.05, 0.1) is 5.69 Å². The Morgan fingerprint density at radius 2 is 2.33 bits per heavy atom. The molecule has 78 valence electrons. The van der Waals surface area contributed by atoms with Crippen LogP contribution < -0.4 is 5.73 Å². The maximum atomic E-state index is 5.55. The van der Waals surface area contributed by atoms with Crippen molar-refractivity contribution in [2.24, 2.45) is 5.73 Å². The molecule has 2 heterocycles. The Morgan fingerprint density at radius 1 is 1.47 bits per heavy atom. The summed E-state index contributed by atoms with van der Waals surface area (Å²) in [4.78, 5) is 8.16. The number of rotatable bonds is 3. The summed E-state index contributed by atoms with van der Waals surface area (Å²) < 4.78 is 5.36. The maximum Gasteiger partial charge on any atom is 0.181 e. The number of hydrogen-bond donors (Lipinski definition) is 1. The van der Waals surface area contributed by atoms with Crippen molar-refractivity contribution in [1.82, 2.24) is 9.97 Å². The van der Waals surface area contributed by atoms with Crippen LogP contribution in [0.25, 0.3) is 11.3 Å². The van der Waals surface area contributed by atoms with E-state index in [0.29, 0.717) is 6.54 Å². The molecule has 0 atom stereocenters. The number of nitrogens with two attached hydrogens (primary N) is 1. The smallest absolute Gasteiger partial charge is 0.181 e. The van der Waals surface area contributed by atoms with Gasteiger partial charge < -0.3 is 10.2 Å². The molecular formula is C11H13N3O. The first kappa shape index (κ1) is 9.86. The van der Waals surface area contributed by atoms with Crippen LogP contribution in [-0.2, 0) is 6.42 Å². The van der Waals surface area contributed by atoms with Crippen LogP contribution >= 0.6 is 0 Å². The topological polar surface area (TPSA) is 64.9 Å². The molecule has 0 aliphatic heterocycles. The van der Waals surface area contributed by atoms with Gasteiger partial charge in [-0.05, 0) is 31.5 Å². The van der Waals surface area contributed by atoms with E-state index in [1.807, 2.05) is 19.2 Å². The average Bonchev–Trinajstić information content (AvgIpc) is 2.66. The lowest BCUT2D eigenvalue weighted by Crippen LogP contribution is -2.04. The third-order valence-electron chi connectivity index (χ3n) is 2.31. The van der Waals surface area contributed by atoms with E-state index in [0.717, 1.165) is 29.0 Å². The van der Waals surface area contributed by atoms with E-state index in [1.165, 1.54) is 6.39 Å². The predicted octanol–water partition coefficient (Wildman–Crippen LogP) is 1.55. The molecule has 2 aromatic heterocycles. The van der Waals surface area contributed by atoms with Crippen molar-refractivity contribution in [3.8, 4) is 11.3 Å². The van der Waals surface area contributed by atoms with Crippen molar-refractivity contribution < 1.29 is 4.42 Å². The first-order valence-corrected chi connectivity index (χ1v) is 4.86. The van der Waals surface area contributed by atoms with Gasteiger partial charge in [-0.2, -0.15) is 0 Å². The number of pyridine rings is 1. The second-order valence-electron chi connectivity index (χ2n) is 3.34. The van der Waals surface area contributed by atoms with Crippen LogP contribution in [0.5, 0.6) is 0 Å². The zero-order chi connectivity index (χ0) is 10.7. The van der Waals surface area contributed by atoms with Crippen molar-refractivity contribution in [2.45, 2.75) is 13.3 Å². The van der Waals surface area contributed by atoms with E-state index >= 15 is 0 Å². The van der Waals surface area contributed by atoms with Crippen LogP contribution in [0, 0.1) is 6.92 Å². The Balaban J connectivity index is 2.48. The summed E-state index contributed by atoms with van der Waals surface area (Å²) >= 11 is 0. The summed E-state index contributed by atoms with van der Waals surface area (Å²) in [6.07, 6.45) is 5.82. The van der Waals surface area contributed by atoms with Gasteiger partial charge in [-0.15, -0.1) is 0 Å². The second-order valence-corrected chi connectivity index (χ2v) is 3.34. The fourth-order valence-electron chi connectivity index (χ4n) is 1.56. The van der Waals surface area contributed by atoms with E-state index in [4.69, 9.17) is 10.2 Å². The highest BCUT2D eigenvalue weighted by molar-refractivity contribution is 5.63. The Kier molecular flexibility index (Phi) is 2.78. The van der Waals surface area contributed by atoms with Crippen molar-refractivity contribution in [3.05, 3.63) is 36.1 Å².